The molecule has 7 nitrogen and oxygen atoms in total. The van der Waals surface area contributed by atoms with Crippen LogP contribution in [0.4, 0.5) is 5.69 Å². The summed E-state index contributed by atoms with van der Waals surface area (Å²) in [7, 11) is 1.59. The van der Waals surface area contributed by atoms with Crippen LogP contribution in [0.2, 0.25) is 0 Å². The monoisotopic (exact) mass is 500 g/mol. The molecule has 0 fully saturated rings. The summed E-state index contributed by atoms with van der Waals surface area (Å²) in [6.45, 7) is 2.71. The smallest absolute Gasteiger partial charge is 0.262 e. The number of anilines is 1. The van der Waals surface area contributed by atoms with E-state index < -0.39 is 0 Å². The summed E-state index contributed by atoms with van der Waals surface area (Å²) in [6, 6.07) is 14.5. The van der Waals surface area contributed by atoms with Crippen LogP contribution in [0.1, 0.15) is 56.9 Å². The molecule has 0 saturated heterocycles. The summed E-state index contributed by atoms with van der Waals surface area (Å²) >= 11 is 0. The first-order chi connectivity index (χ1) is 18.0. The molecule has 3 aliphatic rings. The third kappa shape index (κ3) is 4.90. The fourth-order valence-electron chi connectivity index (χ4n) is 5.71. The number of rotatable bonds is 7. The van der Waals surface area contributed by atoms with Crippen LogP contribution >= 0.6 is 0 Å². The van der Waals surface area contributed by atoms with Gasteiger partial charge in [0.05, 0.1) is 7.11 Å². The van der Waals surface area contributed by atoms with E-state index in [-0.39, 0.29) is 30.0 Å². The number of Topliss-reactive ketones (excluding diaryl/α,β-unsaturated/α-hetero) is 2. The minimum absolute atomic E-state index is 0.137. The molecular weight excluding hydrogens is 468 g/mol. The van der Waals surface area contributed by atoms with E-state index in [4.69, 9.17) is 9.47 Å². The molecule has 1 heterocycles. The van der Waals surface area contributed by atoms with Crippen molar-refractivity contribution in [3.8, 4) is 11.5 Å². The van der Waals surface area contributed by atoms with E-state index in [9.17, 15) is 14.4 Å². The molecule has 192 valence electrons. The fourth-order valence-corrected chi connectivity index (χ4v) is 5.71. The molecule has 2 aromatic carbocycles. The lowest BCUT2D eigenvalue weighted by Crippen LogP contribution is -2.39. The first kappa shape index (κ1) is 24.8. The highest BCUT2D eigenvalue weighted by Crippen LogP contribution is 2.49. The zero-order valence-electron chi connectivity index (χ0n) is 21.3. The van der Waals surface area contributed by atoms with Crippen molar-refractivity contribution in [1.82, 2.24) is 4.90 Å². The quantitative estimate of drug-likeness (QED) is 0.566. The molecule has 0 unspecified atom stereocenters. The highest BCUT2D eigenvalue weighted by molar-refractivity contribution is 6.06. The molecule has 0 atom stereocenters. The Bertz CT molecular complexity index is 1230. The maximum absolute atomic E-state index is 13.2. The van der Waals surface area contributed by atoms with Gasteiger partial charge in [-0.25, -0.2) is 0 Å². The van der Waals surface area contributed by atoms with Crippen LogP contribution in [0.5, 0.6) is 11.5 Å². The number of allylic oxidation sites excluding steroid dienone is 4. The predicted octanol–water partition coefficient (Wildman–Crippen LogP) is 5.15. The second kappa shape index (κ2) is 10.6. The molecule has 2 aromatic rings. The van der Waals surface area contributed by atoms with E-state index in [0.29, 0.717) is 30.0 Å². The largest absolute Gasteiger partial charge is 0.497 e. The van der Waals surface area contributed by atoms with Gasteiger partial charge in [0.15, 0.2) is 18.2 Å². The Morgan fingerprint density at radius 3 is 1.97 bits per heavy atom. The van der Waals surface area contributed by atoms with Crippen molar-refractivity contribution >= 4 is 23.2 Å². The van der Waals surface area contributed by atoms with E-state index in [1.54, 1.807) is 31.4 Å². The minimum atomic E-state index is -0.333. The van der Waals surface area contributed by atoms with Gasteiger partial charge in [-0.2, -0.15) is 0 Å². The standard InChI is InChI=1S/C30H32N2O5/c1-3-32-23-6-4-8-25(33)29(23)28(30-24(32)7-5-9-26(30)34)19-10-14-22(15-11-19)37-18-27(35)31-20-12-16-21(36-2)17-13-20/h10-17,28H,3-9,18H2,1-2H3,(H,31,35). The average Bonchev–Trinajstić information content (AvgIpc) is 2.92. The van der Waals surface area contributed by atoms with Crippen LogP contribution < -0.4 is 14.8 Å². The predicted molar refractivity (Wildman–Crippen MR) is 140 cm³/mol. The van der Waals surface area contributed by atoms with Gasteiger partial charge in [0.25, 0.3) is 5.91 Å². The zero-order chi connectivity index (χ0) is 25.9. The van der Waals surface area contributed by atoms with E-state index in [2.05, 4.69) is 17.1 Å². The van der Waals surface area contributed by atoms with Crippen LogP contribution in [-0.4, -0.2) is 42.6 Å². The van der Waals surface area contributed by atoms with E-state index in [1.807, 2.05) is 24.3 Å². The second-order valence-electron chi connectivity index (χ2n) is 9.59. The average molecular weight is 501 g/mol. The van der Waals surface area contributed by atoms with Gasteiger partial charge in [0, 0.05) is 53.5 Å². The lowest BCUT2D eigenvalue weighted by Gasteiger charge is -2.43. The number of nitrogens with one attached hydrogen (secondary N) is 1. The van der Waals surface area contributed by atoms with Gasteiger partial charge in [0.1, 0.15) is 11.5 Å². The molecule has 0 saturated carbocycles. The summed E-state index contributed by atoms with van der Waals surface area (Å²) in [5.41, 5.74) is 5.33. The van der Waals surface area contributed by atoms with E-state index in [1.165, 1.54) is 0 Å². The number of nitrogens with zero attached hydrogens (tertiary/aromatic N) is 1. The van der Waals surface area contributed by atoms with Crippen molar-refractivity contribution in [3.63, 3.8) is 0 Å². The summed E-state index contributed by atoms with van der Waals surface area (Å²) in [5.74, 6) is 0.945. The molecule has 5 rings (SSSR count). The van der Waals surface area contributed by atoms with E-state index in [0.717, 1.165) is 60.3 Å². The topological polar surface area (TPSA) is 84.9 Å². The molecule has 1 N–H and O–H groups in total. The summed E-state index contributed by atoms with van der Waals surface area (Å²) < 4.78 is 10.8. The first-order valence-electron chi connectivity index (χ1n) is 13.0. The lowest BCUT2D eigenvalue weighted by molar-refractivity contribution is -0.118. The minimum Gasteiger partial charge on any atom is -0.497 e. The number of ketones is 2. The Morgan fingerprint density at radius 2 is 1.43 bits per heavy atom. The normalized spacial score (nSPS) is 17.9. The molecule has 2 aliphatic carbocycles. The highest BCUT2D eigenvalue weighted by Gasteiger charge is 2.42. The SMILES string of the molecule is CCN1C2=C(C(=O)CCC2)C(c2ccc(OCC(=O)Nc3ccc(OC)cc3)cc2)C2=C1CCCC2=O. The first-order valence-corrected chi connectivity index (χ1v) is 13.0. The van der Waals surface area contributed by atoms with Gasteiger partial charge in [-0.15, -0.1) is 0 Å². The van der Waals surface area contributed by atoms with Crippen molar-refractivity contribution in [2.75, 3.05) is 25.6 Å². The fraction of sp³-hybridized carbons (Fsp3) is 0.367. The van der Waals surface area contributed by atoms with Gasteiger partial charge >= 0.3 is 0 Å². The molecule has 0 spiro atoms. The summed E-state index contributed by atoms with van der Waals surface area (Å²) in [5, 5.41) is 2.80. The number of carbonyl (C=O) groups excluding carboxylic acids is 3. The number of methoxy groups -OCH3 is 1. The number of hydrogen-bond acceptors (Lipinski definition) is 6. The van der Waals surface area contributed by atoms with Crippen molar-refractivity contribution in [2.45, 2.75) is 51.4 Å². The maximum Gasteiger partial charge on any atom is 0.262 e. The Morgan fingerprint density at radius 1 is 0.865 bits per heavy atom. The highest BCUT2D eigenvalue weighted by atomic mass is 16.5. The molecule has 1 aliphatic heterocycles. The number of amides is 1. The van der Waals surface area contributed by atoms with Gasteiger partial charge in [-0.05, 0) is 74.6 Å². The Balaban J connectivity index is 1.35. The molecule has 0 bridgehead atoms. The van der Waals surface area contributed by atoms with Crippen LogP contribution in [0.25, 0.3) is 0 Å². The van der Waals surface area contributed by atoms with Gasteiger partial charge < -0.3 is 19.7 Å². The lowest BCUT2D eigenvalue weighted by atomic mass is 9.71. The maximum atomic E-state index is 13.2. The van der Waals surface area contributed by atoms with Crippen molar-refractivity contribution in [2.24, 2.45) is 0 Å². The molecule has 37 heavy (non-hydrogen) atoms. The van der Waals surface area contributed by atoms with Gasteiger partial charge in [-0.3, -0.25) is 14.4 Å². The molecule has 7 heteroatoms. The summed E-state index contributed by atoms with van der Waals surface area (Å²) in [4.78, 5) is 41.0. The van der Waals surface area contributed by atoms with Crippen LogP contribution in [0, 0.1) is 0 Å². The molecule has 0 radical (unpaired) electrons. The van der Waals surface area contributed by atoms with Crippen molar-refractivity contribution in [1.29, 1.82) is 0 Å². The number of ether oxygens (including phenoxy) is 2. The Kier molecular flexibility index (Phi) is 7.12. The van der Waals surface area contributed by atoms with Gasteiger partial charge in [-0.1, -0.05) is 12.1 Å². The third-order valence-electron chi connectivity index (χ3n) is 7.36. The van der Waals surface area contributed by atoms with E-state index >= 15 is 0 Å². The van der Waals surface area contributed by atoms with Crippen molar-refractivity contribution < 1.29 is 23.9 Å². The zero-order valence-corrected chi connectivity index (χ0v) is 21.3. The molecule has 1 amide bonds. The van der Waals surface area contributed by atoms with Gasteiger partial charge in [0.2, 0.25) is 0 Å². The number of carbonyl (C=O) groups is 3. The molecular formula is C30H32N2O5. The van der Waals surface area contributed by atoms with Crippen LogP contribution in [0.15, 0.2) is 71.1 Å². The van der Waals surface area contributed by atoms with Crippen molar-refractivity contribution in [3.05, 3.63) is 76.6 Å². The number of hydrogen-bond donors (Lipinski definition) is 1. The Hall–Kier alpha value is -3.87. The molecule has 0 aromatic heterocycles. The summed E-state index contributed by atoms with van der Waals surface area (Å²) in [6.07, 6.45) is 4.47. The third-order valence-corrected chi connectivity index (χ3v) is 7.36. The Labute approximate surface area is 217 Å². The number of benzene rings is 2. The van der Waals surface area contributed by atoms with Crippen LogP contribution in [0.3, 0.4) is 0 Å². The van der Waals surface area contributed by atoms with Crippen LogP contribution in [-0.2, 0) is 14.4 Å². The second-order valence-corrected chi connectivity index (χ2v) is 9.59.